The Morgan fingerprint density at radius 1 is 1.20 bits per heavy atom. The zero-order valence-corrected chi connectivity index (χ0v) is 8.14. The van der Waals surface area contributed by atoms with Crippen LogP contribution >= 0.6 is 0 Å². The van der Waals surface area contributed by atoms with Crippen molar-refractivity contribution < 1.29 is 9.21 Å². The molecule has 0 saturated carbocycles. The van der Waals surface area contributed by atoms with Crippen LogP contribution < -0.4 is 5.32 Å². The van der Waals surface area contributed by atoms with Crippen molar-refractivity contribution in [2.45, 2.75) is 6.54 Å². The van der Waals surface area contributed by atoms with Gasteiger partial charge < -0.3 is 9.73 Å². The Labute approximate surface area is 87.7 Å². The summed E-state index contributed by atoms with van der Waals surface area (Å²) >= 11 is 0. The van der Waals surface area contributed by atoms with Gasteiger partial charge in [0.15, 0.2) is 0 Å². The molecule has 1 N–H and O–H groups in total. The number of benzene rings is 1. The molecule has 0 spiro atoms. The van der Waals surface area contributed by atoms with Crippen molar-refractivity contribution in [1.82, 2.24) is 5.32 Å². The summed E-state index contributed by atoms with van der Waals surface area (Å²) in [4.78, 5) is 11.6. The minimum absolute atomic E-state index is 0.0724. The molecule has 0 saturated heterocycles. The number of carbonyl (C=O) groups is 1. The van der Waals surface area contributed by atoms with Crippen LogP contribution in [0.15, 0.2) is 53.3 Å². The molecule has 1 aromatic heterocycles. The van der Waals surface area contributed by atoms with Gasteiger partial charge in [0.25, 0.3) is 5.91 Å². The average Bonchev–Trinajstić information content (AvgIpc) is 2.80. The fourth-order valence-electron chi connectivity index (χ4n) is 1.27. The molecule has 0 aliphatic carbocycles. The second-order valence-corrected chi connectivity index (χ2v) is 3.18. The van der Waals surface area contributed by atoms with Gasteiger partial charge in [0.2, 0.25) is 0 Å². The van der Waals surface area contributed by atoms with Crippen LogP contribution in [0.25, 0.3) is 0 Å². The summed E-state index contributed by atoms with van der Waals surface area (Å²) in [6.45, 7) is 0.490. The molecule has 15 heavy (non-hydrogen) atoms. The van der Waals surface area contributed by atoms with E-state index < -0.39 is 0 Å². The topological polar surface area (TPSA) is 42.2 Å². The lowest BCUT2D eigenvalue weighted by atomic mass is 10.2. The number of furan rings is 1. The lowest BCUT2D eigenvalue weighted by Crippen LogP contribution is -2.22. The van der Waals surface area contributed by atoms with Crippen LogP contribution in [0.5, 0.6) is 0 Å². The van der Waals surface area contributed by atoms with Crippen LogP contribution in [0.4, 0.5) is 0 Å². The van der Waals surface area contributed by atoms with Gasteiger partial charge in [-0.3, -0.25) is 4.79 Å². The molecule has 0 unspecified atom stereocenters. The van der Waals surface area contributed by atoms with Crippen molar-refractivity contribution in [3.05, 3.63) is 60.1 Å². The first-order chi connectivity index (χ1) is 7.36. The van der Waals surface area contributed by atoms with E-state index in [4.69, 9.17) is 4.42 Å². The molecular weight excluding hydrogens is 190 g/mol. The zero-order chi connectivity index (χ0) is 10.5. The van der Waals surface area contributed by atoms with Gasteiger partial charge in [0.1, 0.15) is 0 Å². The smallest absolute Gasteiger partial charge is 0.251 e. The number of rotatable bonds is 3. The molecule has 0 aliphatic rings. The lowest BCUT2D eigenvalue weighted by Gasteiger charge is -2.02. The fraction of sp³-hybridized carbons (Fsp3) is 0.0833. The van der Waals surface area contributed by atoms with Gasteiger partial charge in [0, 0.05) is 17.7 Å². The van der Waals surface area contributed by atoms with E-state index in [-0.39, 0.29) is 5.91 Å². The third-order valence-corrected chi connectivity index (χ3v) is 2.07. The summed E-state index contributed by atoms with van der Waals surface area (Å²) in [6, 6.07) is 11.0. The largest absolute Gasteiger partial charge is 0.472 e. The number of amides is 1. The summed E-state index contributed by atoms with van der Waals surface area (Å²) in [5.41, 5.74) is 1.63. The number of hydrogen-bond acceptors (Lipinski definition) is 2. The first-order valence-electron chi connectivity index (χ1n) is 4.70. The van der Waals surface area contributed by atoms with Crippen molar-refractivity contribution in [3.63, 3.8) is 0 Å². The lowest BCUT2D eigenvalue weighted by molar-refractivity contribution is 0.0951. The average molecular weight is 201 g/mol. The number of hydrogen-bond donors (Lipinski definition) is 1. The molecule has 3 heteroatoms. The maximum atomic E-state index is 11.6. The Hall–Kier alpha value is -2.03. The predicted octanol–water partition coefficient (Wildman–Crippen LogP) is 2.21. The molecule has 0 fully saturated rings. The Kier molecular flexibility index (Phi) is 2.83. The number of nitrogens with one attached hydrogen (secondary N) is 1. The van der Waals surface area contributed by atoms with Gasteiger partial charge in [-0.05, 0) is 18.2 Å². The van der Waals surface area contributed by atoms with Crippen LogP contribution in [0.2, 0.25) is 0 Å². The standard InChI is InChI=1S/C12H11NO2/c14-12(11-4-2-1-3-5-11)13-8-10-6-7-15-9-10/h1-7,9H,8H2,(H,13,14). The van der Waals surface area contributed by atoms with Crippen LogP contribution in [-0.2, 0) is 6.54 Å². The van der Waals surface area contributed by atoms with Crippen molar-refractivity contribution in [3.8, 4) is 0 Å². The molecule has 2 rings (SSSR count). The molecule has 0 atom stereocenters. The second-order valence-electron chi connectivity index (χ2n) is 3.18. The Bertz CT molecular complexity index is 420. The van der Waals surface area contributed by atoms with Crippen LogP contribution in [0, 0.1) is 0 Å². The quantitative estimate of drug-likeness (QED) is 0.827. The van der Waals surface area contributed by atoms with E-state index in [1.165, 1.54) is 0 Å². The van der Waals surface area contributed by atoms with E-state index in [9.17, 15) is 4.79 Å². The molecule has 1 amide bonds. The summed E-state index contributed by atoms with van der Waals surface area (Å²) in [5, 5.41) is 2.80. The van der Waals surface area contributed by atoms with E-state index in [1.807, 2.05) is 24.3 Å². The Morgan fingerprint density at radius 3 is 2.67 bits per heavy atom. The minimum atomic E-state index is -0.0724. The third kappa shape index (κ3) is 2.47. The number of carbonyl (C=O) groups excluding carboxylic acids is 1. The molecule has 2 aromatic rings. The van der Waals surface area contributed by atoms with E-state index in [2.05, 4.69) is 5.32 Å². The maximum Gasteiger partial charge on any atom is 0.251 e. The van der Waals surface area contributed by atoms with E-state index in [0.29, 0.717) is 12.1 Å². The van der Waals surface area contributed by atoms with Crippen molar-refractivity contribution in [2.24, 2.45) is 0 Å². The Balaban J connectivity index is 1.94. The van der Waals surface area contributed by atoms with E-state index in [1.54, 1.807) is 24.7 Å². The molecule has 0 radical (unpaired) electrons. The second kappa shape index (κ2) is 4.46. The van der Waals surface area contributed by atoms with Gasteiger partial charge in [0.05, 0.1) is 12.5 Å². The van der Waals surface area contributed by atoms with Crippen molar-refractivity contribution in [2.75, 3.05) is 0 Å². The minimum Gasteiger partial charge on any atom is -0.472 e. The van der Waals surface area contributed by atoms with Gasteiger partial charge >= 0.3 is 0 Å². The molecule has 76 valence electrons. The highest BCUT2D eigenvalue weighted by molar-refractivity contribution is 5.94. The summed E-state index contributed by atoms with van der Waals surface area (Å²) in [5.74, 6) is -0.0724. The first kappa shape index (κ1) is 9.52. The zero-order valence-electron chi connectivity index (χ0n) is 8.14. The summed E-state index contributed by atoms with van der Waals surface area (Å²) in [7, 11) is 0. The van der Waals surface area contributed by atoms with Gasteiger partial charge in [-0.2, -0.15) is 0 Å². The highest BCUT2D eigenvalue weighted by atomic mass is 16.3. The van der Waals surface area contributed by atoms with Crippen LogP contribution in [-0.4, -0.2) is 5.91 Å². The van der Waals surface area contributed by atoms with E-state index in [0.717, 1.165) is 5.56 Å². The normalized spacial score (nSPS) is 9.87. The van der Waals surface area contributed by atoms with Gasteiger partial charge in [-0.1, -0.05) is 18.2 Å². The van der Waals surface area contributed by atoms with Crippen molar-refractivity contribution >= 4 is 5.91 Å². The van der Waals surface area contributed by atoms with Crippen molar-refractivity contribution in [1.29, 1.82) is 0 Å². The molecular formula is C12H11NO2. The molecule has 0 bridgehead atoms. The molecule has 3 nitrogen and oxygen atoms in total. The monoisotopic (exact) mass is 201 g/mol. The molecule has 0 aliphatic heterocycles. The third-order valence-electron chi connectivity index (χ3n) is 2.07. The highest BCUT2D eigenvalue weighted by Crippen LogP contribution is 2.01. The van der Waals surface area contributed by atoms with Gasteiger partial charge in [-0.25, -0.2) is 0 Å². The predicted molar refractivity (Wildman–Crippen MR) is 56.3 cm³/mol. The summed E-state index contributed by atoms with van der Waals surface area (Å²) < 4.78 is 4.90. The molecule has 1 heterocycles. The fourth-order valence-corrected chi connectivity index (χ4v) is 1.27. The highest BCUT2D eigenvalue weighted by Gasteiger charge is 2.03. The SMILES string of the molecule is O=C(NCc1ccoc1)c1ccccc1. The van der Waals surface area contributed by atoms with Crippen LogP contribution in [0.1, 0.15) is 15.9 Å². The van der Waals surface area contributed by atoms with E-state index >= 15 is 0 Å². The maximum absolute atomic E-state index is 11.6. The Morgan fingerprint density at radius 2 is 2.00 bits per heavy atom. The van der Waals surface area contributed by atoms with Crippen LogP contribution in [0.3, 0.4) is 0 Å². The molecule has 1 aromatic carbocycles. The first-order valence-corrected chi connectivity index (χ1v) is 4.70. The summed E-state index contributed by atoms with van der Waals surface area (Å²) in [6.07, 6.45) is 3.20. The van der Waals surface area contributed by atoms with Gasteiger partial charge in [-0.15, -0.1) is 0 Å².